The third-order valence-corrected chi connectivity index (χ3v) is 8.89. The van der Waals surface area contributed by atoms with E-state index in [1.54, 1.807) is 47.6 Å². The molecule has 3 rings (SSSR count). The van der Waals surface area contributed by atoms with Crippen molar-refractivity contribution in [1.29, 1.82) is 0 Å². The van der Waals surface area contributed by atoms with E-state index in [9.17, 15) is 29.4 Å². The zero-order valence-corrected chi connectivity index (χ0v) is 23.2. The maximum atomic E-state index is 13.4. The Morgan fingerprint density at radius 1 is 1.24 bits per heavy atom. The van der Waals surface area contributed by atoms with E-state index in [1.807, 2.05) is 0 Å². The maximum absolute atomic E-state index is 13.4. The van der Waals surface area contributed by atoms with Gasteiger partial charge in [0, 0.05) is 22.3 Å². The number of allylic oxidation sites excluding steroid dienone is 1. The van der Waals surface area contributed by atoms with Crippen molar-refractivity contribution in [3.05, 3.63) is 36.0 Å². The molecule has 0 aromatic carbocycles. The monoisotopic (exact) mass is 532 g/mol. The van der Waals surface area contributed by atoms with Gasteiger partial charge >= 0.3 is 17.9 Å². The van der Waals surface area contributed by atoms with E-state index in [0.717, 1.165) is 0 Å². The minimum absolute atomic E-state index is 0.0606. The quantitative estimate of drug-likeness (QED) is 0.219. The highest BCUT2D eigenvalue weighted by Gasteiger charge is 2.66. The van der Waals surface area contributed by atoms with Crippen molar-refractivity contribution in [3.8, 4) is 0 Å². The van der Waals surface area contributed by atoms with E-state index in [0.29, 0.717) is 24.0 Å². The Balaban J connectivity index is 2.15. The summed E-state index contributed by atoms with van der Waals surface area (Å²) >= 11 is 0. The third kappa shape index (κ3) is 4.86. The van der Waals surface area contributed by atoms with E-state index < -0.39 is 83.3 Å². The Kier molecular flexibility index (Phi) is 8.16. The second-order valence-corrected chi connectivity index (χ2v) is 11.7. The fourth-order valence-electron chi connectivity index (χ4n) is 6.19. The van der Waals surface area contributed by atoms with Crippen LogP contribution in [0.1, 0.15) is 67.2 Å². The second kappa shape index (κ2) is 10.4. The van der Waals surface area contributed by atoms with Gasteiger partial charge in [0.15, 0.2) is 5.78 Å². The first-order chi connectivity index (χ1) is 17.5. The highest BCUT2D eigenvalue weighted by molar-refractivity contribution is 6.01. The lowest BCUT2D eigenvalue weighted by Gasteiger charge is -2.60. The van der Waals surface area contributed by atoms with Crippen LogP contribution in [0.5, 0.6) is 0 Å². The van der Waals surface area contributed by atoms with Crippen molar-refractivity contribution in [2.24, 2.45) is 22.7 Å². The topological polar surface area (TPSA) is 136 Å². The molecule has 9 nitrogen and oxygen atoms in total. The summed E-state index contributed by atoms with van der Waals surface area (Å²) in [5, 5.41) is 22.7. The zero-order valence-electron chi connectivity index (χ0n) is 23.2. The van der Waals surface area contributed by atoms with Crippen molar-refractivity contribution >= 4 is 23.7 Å². The number of cyclic esters (lactones) is 1. The van der Waals surface area contributed by atoms with Crippen LogP contribution in [0.2, 0.25) is 0 Å². The number of fused-ring (bicyclic) bond motifs is 1. The first-order valence-corrected chi connectivity index (χ1v) is 13.0. The van der Waals surface area contributed by atoms with Gasteiger partial charge in [0.05, 0.1) is 12.3 Å². The van der Waals surface area contributed by atoms with Crippen LogP contribution in [0.4, 0.5) is 0 Å². The Bertz CT molecular complexity index is 1090. The van der Waals surface area contributed by atoms with Gasteiger partial charge in [0.25, 0.3) is 0 Å². The predicted octanol–water partition coefficient (Wildman–Crippen LogP) is 2.98. The highest BCUT2D eigenvalue weighted by Crippen LogP contribution is 2.62. The van der Waals surface area contributed by atoms with Gasteiger partial charge in [-0.25, -0.2) is 4.79 Å². The van der Waals surface area contributed by atoms with E-state index in [2.05, 4.69) is 13.2 Å². The average molecular weight is 533 g/mol. The van der Waals surface area contributed by atoms with Gasteiger partial charge in [-0.15, -0.1) is 0 Å². The number of Topliss-reactive ketones (excluding diaryl/α,β-unsaturated/α-hetero) is 1. The van der Waals surface area contributed by atoms with Crippen molar-refractivity contribution < 1.29 is 43.6 Å². The number of esters is 3. The number of hydrogen-bond donors (Lipinski definition) is 2. The van der Waals surface area contributed by atoms with Crippen LogP contribution in [0.3, 0.4) is 0 Å². The number of aliphatic hydroxyl groups excluding tert-OH is 1. The SMILES string of the molecule is C=C1CC[C@H](OC(=O)C(C)C)[C@H]2[C@@]1(C)[C@@H](O)C(=O)C(=C)[C@]2(C)C[C@@H](OC(=O)/C(C)=C/C)[C@@]1(O)COC(=O)C1. The number of aliphatic hydroxyl groups is 2. The smallest absolute Gasteiger partial charge is 0.333 e. The summed E-state index contributed by atoms with van der Waals surface area (Å²) in [7, 11) is 0. The molecule has 3 fully saturated rings. The minimum atomic E-state index is -1.85. The highest BCUT2D eigenvalue weighted by atomic mass is 16.6. The van der Waals surface area contributed by atoms with Crippen LogP contribution < -0.4 is 0 Å². The Hall–Kier alpha value is -2.78. The molecule has 0 amide bonds. The van der Waals surface area contributed by atoms with Crippen LogP contribution in [0, 0.1) is 22.7 Å². The van der Waals surface area contributed by atoms with E-state index in [4.69, 9.17) is 14.2 Å². The van der Waals surface area contributed by atoms with E-state index in [1.165, 1.54) is 0 Å². The molecule has 2 N–H and O–H groups in total. The molecule has 3 aliphatic rings. The lowest BCUT2D eigenvalue weighted by Crippen LogP contribution is -2.65. The van der Waals surface area contributed by atoms with Crippen LogP contribution in [-0.2, 0) is 33.4 Å². The predicted molar refractivity (Wildman–Crippen MR) is 137 cm³/mol. The summed E-state index contributed by atoms with van der Waals surface area (Å²) in [6, 6.07) is 0. The van der Waals surface area contributed by atoms with Gasteiger partial charge in [-0.2, -0.15) is 0 Å². The van der Waals surface area contributed by atoms with Crippen LogP contribution in [0.15, 0.2) is 36.0 Å². The number of ketones is 1. The van der Waals surface area contributed by atoms with Gasteiger partial charge < -0.3 is 24.4 Å². The number of ether oxygens (including phenoxy) is 3. The molecule has 0 aromatic rings. The molecule has 0 spiro atoms. The number of rotatable bonds is 7. The minimum Gasteiger partial charge on any atom is -0.462 e. The molecular weight excluding hydrogens is 492 g/mol. The number of carbonyl (C=O) groups excluding carboxylic acids is 4. The van der Waals surface area contributed by atoms with Crippen LogP contribution >= 0.6 is 0 Å². The van der Waals surface area contributed by atoms with Crippen LogP contribution in [0.25, 0.3) is 0 Å². The average Bonchev–Trinajstić information content (AvgIpc) is 3.22. The molecular formula is C29H40O9. The Morgan fingerprint density at radius 2 is 1.87 bits per heavy atom. The molecule has 1 heterocycles. The standard InChI is InChI=1S/C29H40O9/c1-9-16(4)26(34)38-20(29(35)13-21(30)36-14-29)12-27(7)18(6)22(31)24(32)28(8)17(5)10-11-19(23(27)28)37-25(33)15(2)3/h9,15,19-20,23-24,32,35H,5-6,10-14H2,1-4,7-8H3/b16-9+/t19-,20+,23+,24-,27-,28-,29-/m0/s1. The lowest BCUT2D eigenvalue weighted by molar-refractivity contribution is -0.188. The molecule has 0 aromatic heterocycles. The first-order valence-electron chi connectivity index (χ1n) is 13.0. The van der Waals surface area contributed by atoms with Crippen molar-refractivity contribution in [2.75, 3.05) is 6.61 Å². The molecule has 2 aliphatic carbocycles. The maximum Gasteiger partial charge on any atom is 0.333 e. The van der Waals surface area contributed by atoms with Gasteiger partial charge in [-0.05, 0) is 38.7 Å². The third-order valence-electron chi connectivity index (χ3n) is 8.89. The molecule has 38 heavy (non-hydrogen) atoms. The summed E-state index contributed by atoms with van der Waals surface area (Å²) in [4.78, 5) is 51.0. The fraction of sp³-hybridized carbons (Fsp3) is 0.655. The fourth-order valence-corrected chi connectivity index (χ4v) is 6.19. The molecule has 0 radical (unpaired) electrons. The Morgan fingerprint density at radius 3 is 2.39 bits per heavy atom. The normalized spacial score (nSPS) is 36.6. The van der Waals surface area contributed by atoms with Gasteiger partial charge in [0.1, 0.15) is 30.5 Å². The van der Waals surface area contributed by atoms with Crippen LogP contribution in [-0.4, -0.2) is 64.4 Å². The summed E-state index contributed by atoms with van der Waals surface area (Å²) < 4.78 is 16.8. The van der Waals surface area contributed by atoms with Gasteiger partial charge in [0.2, 0.25) is 0 Å². The van der Waals surface area contributed by atoms with Gasteiger partial charge in [-0.1, -0.05) is 52.5 Å². The molecule has 2 saturated carbocycles. The summed E-state index contributed by atoms with van der Waals surface area (Å²) in [5.41, 5.74) is -3.28. The van der Waals surface area contributed by atoms with E-state index in [-0.39, 0.29) is 12.0 Å². The Labute approximate surface area is 223 Å². The second-order valence-electron chi connectivity index (χ2n) is 11.7. The van der Waals surface area contributed by atoms with Crippen molar-refractivity contribution in [1.82, 2.24) is 0 Å². The lowest BCUT2D eigenvalue weighted by atomic mass is 9.45. The van der Waals surface area contributed by atoms with Crippen molar-refractivity contribution in [2.45, 2.75) is 91.1 Å². The zero-order chi connectivity index (χ0) is 28.8. The summed E-state index contributed by atoms with van der Waals surface area (Å²) in [5.74, 6) is -3.45. The first kappa shape index (κ1) is 29.8. The molecule has 1 saturated heterocycles. The largest absolute Gasteiger partial charge is 0.462 e. The van der Waals surface area contributed by atoms with Crippen molar-refractivity contribution in [3.63, 3.8) is 0 Å². The number of carbonyl (C=O) groups is 4. The molecule has 0 bridgehead atoms. The molecule has 1 aliphatic heterocycles. The molecule has 9 heteroatoms. The molecule has 0 unspecified atom stereocenters. The summed E-state index contributed by atoms with van der Waals surface area (Å²) in [6.07, 6.45) is -1.59. The van der Waals surface area contributed by atoms with Gasteiger partial charge in [-0.3, -0.25) is 14.4 Å². The molecule has 210 valence electrons. The summed E-state index contributed by atoms with van der Waals surface area (Å²) in [6.45, 7) is 17.9. The van der Waals surface area contributed by atoms with E-state index >= 15 is 0 Å². The number of hydrogen-bond acceptors (Lipinski definition) is 9. The molecule has 7 atom stereocenters.